The van der Waals surface area contributed by atoms with Crippen molar-refractivity contribution in [2.24, 2.45) is 0 Å². The smallest absolute Gasteiger partial charge is 0.329 e. The number of carbonyl (C=O) groups is 2. The zero-order valence-corrected chi connectivity index (χ0v) is 15.4. The Hall–Kier alpha value is -1.93. The fraction of sp³-hybridized carbons (Fsp3) is 0.556. The summed E-state index contributed by atoms with van der Waals surface area (Å²) in [6.45, 7) is 1.04. The van der Waals surface area contributed by atoms with E-state index >= 15 is 0 Å². The fourth-order valence-corrected chi connectivity index (χ4v) is 5.21. The van der Waals surface area contributed by atoms with E-state index in [4.69, 9.17) is 0 Å². The van der Waals surface area contributed by atoms with E-state index in [9.17, 15) is 23.1 Å². The Kier molecular flexibility index (Phi) is 5.34. The molecule has 1 aromatic carbocycles. The van der Waals surface area contributed by atoms with Gasteiger partial charge in [-0.05, 0) is 49.9 Å². The summed E-state index contributed by atoms with van der Waals surface area (Å²) in [4.78, 5) is 24.1. The van der Waals surface area contributed by atoms with E-state index in [0.717, 1.165) is 32.1 Å². The number of carboxylic acids is 1. The molecule has 1 aliphatic carbocycles. The molecule has 0 aromatic heterocycles. The van der Waals surface area contributed by atoms with Gasteiger partial charge in [-0.15, -0.1) is 0 Å². The van der Waals surface area contributed by atoms with Crippen molar-refractivity contribution >= 4 is 21.9 Å². The van der Waals surface area contributed by atoms with Gasteiger partial charge in [0, 0.05) is 18.7 Å². The van der Waals surface area contributed by atoms with E-state index in [1.54, 1.807) is 0 Å². The zero-order valence-electron chi connectivity index (χ0n) is 14.6. The third kappa shape index (κ3) is 3.61. The summed E-state index contributed by atoms with van der Waals surface area (Å²) in [5, 5.41) is 12.1. The number of aliphatic carboxylic acids is 1. The van der Waals surface area contributed by atoms with E-state index in [-0.39, 0.29) is 10.5 Å². The van der Waals surface area contributed by atoms with Crippen molar-refractivity contribution in [2.75, 3.05) is 13.1 Å². The van der Waals surface area contributed by atoms with Crippen molar-refractivity contribution in [3.63, 3.8) is 0 Å². The number of nitrogens with one attached hydrogen (secondary N) is 1. The quantitative estimate of drug-likeness (QED) is 0.813. The van der Waals surface area contributed by atoms with E-state index in [1.807, 2.05) is 0 Å². The summed E-state index contributed by atoms with van der Waals surface area (Å²) < 4.78 is 26.7. The third-order valence-electron chi connectivity index (χ3n) is 5.29. The van der Waals surface area contributed by atoms with Gasteiger partial charge in [-0.1, -0.05) is 19.3 Å². The Morgan fingerprint density at radius 2 is 1.54 bits per heavy atom. The van der Waals surface area contributed by atoms with Crippen LogP contribution in [0.3, 0.4) is 0 Å². The second-order valence-electron chi connectivity index (χ2n) is 7.04. The number of benzene rings is 1. The number of hydrogen-bond acceptors (Lipinski definition) is 4. The van der Waals surface area contributed by atoms with Crippen molar-refractivity contribution in [3.05, 3.63) is 29.8 Å². The molecule has 1 aliphatic heterocycles. The molecule has 2 N–H and O–H groups in total. The van der Waals surface area contributed by atoms with Crippen molar-refractivity contribution < 1.29 is 23.1 Å². The maximum atomic E-state index is 12.6. The van der Waals surface area contributed by atoms with Gasteiger partial charge >= 0.3 is 5.97 Å². The summed E-state index contributed by atoms with van der Waals surface area (Å²) in [6, 6.07) is 5.72. The number of sulfonamides is 1. The Morgan fingerprint density at radius 1 is 0.962 bits per heavy atom. The molecule has 8 heteroatoms. The average Bonchev–Trinajstić information content (AvgIpc) is 3.12. The lowest BCUT2D eigenvalue weighted by Gasteiger charge is -2.26. The first-order valence-corrected chi connectivity index (χ1v) is 10.5. The highest BCUT2D eigenvalue weighted by molar-refractivity contribution is 7.89. The van der Waals surface area contributed by atoms with Crippen LogP contribution in [0.1, 0.15) is 55.3 Å². The minimum absolute atomic E-state index is 0.157. The van der Waals surface area contributed by atoms with Gasteiger partial charge in [0.15, 0.2) is 0 Å². The van der Waals surface area contributed by atoms with Crippen LogP contribution in [0.5, 0.6) is 0 Å². The van der Waals surface area contributed by atoms with Crippen molar-refractivity contribution in [1.82, 2.24) is 9.62 Å². The van der Waals surface area contributed by atoms with Gasteiger partial charge < -0.3 is 10.4 Å². The number of carbonyl (C=O) groups excluding carboxylic acids is 1. The van der Waals surface area contributed by atoms with Gasteiger partial charge in [-0.25, -0.2) is 13.2 Å². The SMILES string of the molecule is O=C(NC1(C(=O)O)CCCC1)c1ccc(S(=O)(=O)N2CCCCC2)cc1. The minimum atomic E-state index is -3.54. The molecule has 0 unspecified atom stereocenters. The molecule has 3 rings (SSSR count). The maximum absolute atomic E-state index is 12.6. The summed E-state index contributed by atoms with van der Waals surface area (Å²) in [5.74, 6) is -1.51. The van der Waals surface area contributed by atoms with E-state index < -0.39 is 27.4 Å². The second kappa shape index (κ2) is 7.36. The number of hydrogen-bond donors (Lipinski definition) is 2. The molecule has 0 atom stereocenters. The lowest BCUT2D eigenvalue weighted by molar-refractivity contribution is -0.144. The van der Waals surface area contributed by atoms with Gasteiger partial charge in [0.1, 0.15) is 5.54 Å². The number of amides is 1. The molecule has 7 nitrogen and oxygen atoms in total. The molecule has 0 bridgehead atoms. The molecule has 0 spiro atoms. The molecular formula is C18H24N2O5S. The average molecular weight is 380 g/mol. The van der Waals surface area contributed by atoms with Gasteiger partial charge in [-0.2, -0.15) is 4.31 Å². The second-order valence-corrected chi connectivity index (χ2v) is 8.98. The largest absolute Gasteiger partial charge is 0.480 e. The highest BCUT2D eigenvalue weighted by Gasteiger charge is 2.42. The Morgan fingerprint density at radius 3 is 2.08 bits per heavy atom. The van der Waals surface area contributed by atoms with Gasteiger partial charge in [0.05, 0.1) is 4.90 Å². The zero-order chi connectivity index (χ0) is 18.8. The molecule has 1 aromatic rings. The minimum Gasteiger partial charge on any atom is -0.480 e. The number of carboxylic acid groups (broad SMARTS) is 1. The van der Waals surface area contributed by atoms with E-state index in [1.165, 1.54) is 28.6 Å². The third-order valence-corrected chi connectivity index (χ3v) is 7.20. The van der Waals surface area contributed by atoms with E-state index in [2.05, 4.69) is 5.32 Å². The van der Waals surface area contributed by atoms with Crippen LogP contribution in [0, 0.1) is 0 Å². The molecular weight excluding hydrogens is 356 g/mol. The van der Waals surface area contributed by atoms with Gasteiger partial charge in [0.2, 0.25) is 10.0 Å². The fourth-order valence-electron chi connectivity index (χ4n) is 3.69. The molecule has 2 aliphatic rings. The maximum Gasteiger partial charge on any atom is 0.329 e. The Labute approximate surface area is 153 Å². The predicted octanol–water partition coefficient (Wildman–Crippen LogP) is 1.99. The van der Waals surface area contributed by atoms with Gasteiger partial charge in [0.25, 0.3) is 5.91 Å². The van der Waals surface area contributed by atoms with Crippen LogP contribution in [0.15, 0.2) is 29.2 Å². The monoisotopic (exact) mass is 380 g/mol. The molecule has 1 saturated carbocycles. The number of nitrogens with zero attached hydrogens (tertiary/aromatic N) is 1. The lowest BCUT2D eigenvalue weighted by atomic mass is 9.97. The van der Waals surface area contributed by atoms with Crippen LogP contribution < -0.4 is 5.32 Å². The first-order chi connectivity index (χ1) is 12.3. The molecule has 0 radical (unpaired) electrons. The lowest BCUT2D eigenvalue weighted by Crippen LogP contribution is -2.52. The molecule has 26 heavy (non-hydrogen) atoms. The number of rotatable bonds is 5. The predicted molar refractivity (Wildman–Crippen MR) is 95.4 cm³/mol. The topological polar surface area (TPSA) is 104 Å². The van der Waals surface area contributed by atoms with Crippen LogP contribution in [0.25, 0.3) is 0 Å². The van der Waals surface area contributed by atoms with Crippen LogP contribution in [0.4, 0.5) is 0 Å². The normalized spacial score (nSPS) is 20.6. The van der Waals surface area contributed by atoms with Gasteiger partial charge in [-0.3, -0.25) is 4.79 Å². The Balaban J connectivity index is 1.74. The van der Waals surface area contributed by atoms with Crippen molar-refractivity contribution in [2.45, 2.75) is 55.4 Å². The summed E-state index contributed by atoms with van der Waals surface area (Å²) >= 11 is 0. The summed E-state index contributed by atoms with van der Waals surface area (Å²) in [5.41, 5.74) is -0.953. The van der Waals surface area contributed by atoms with Crippen LogP contribution in [0.2, 0.25) is 0 Å². The summed E-state index contributed by atoms with van der Waals surface area (Å²) in [7, 11) is -3.54. The highest BCUT2D eigenvalue weighted by Crippen LogP contribution is 2.30. The molecule has 1 amide bonds. The molecule has 1 heterocycles. The van der Waals surface area contributed by atoms with E-state index in [0.29, 0.717) is 25.9 Å². The summed E-state index contributed by atoms with van der Waals surface area (Å²) in [6.07, 6.45) is 5.11. The van der Waals surface area contributed by atoms with Crippen molar-refractivity contribution in [3.8, 4) is 0 Å². The van der Waals surface area contributed by atoms with Crippen LogP contribution in [-0.4, -0.2) is 48.3 Å². The Bertz CT molecular complexity index is 776. The van der Waals surface area contributed by atoms with Crippen LogP contribution >= 0.6 is 0 Å². The standard InChI is InChI=1S/C18H24N2O5S/c21-16(19-18(17(22)23)10-2-3-11-18)14-6-8-15(9-7-14)26(24,25)20-12-4-1-5-13-20/h6-9H,1-5,10-13H2,(H,19,21)(H,22,23). The molecule has 2 fully saturated rings. The molecule has 1 saturated heterocycles. The highest BCUT2D eigenvalue weighted by atomic mass is 32.2. The van der Waals surface area contributed by atoms with Crippen molar-refractivity contribution in [1.29, 1.82) is 0 Å². The molecule has 142 valence electrons. The van der Waals surface area contributed by atoms with Crippen LogP contribution in [-0.2, 0) is 14.8 Å². The number of piperidine rings is 1. The first kappa shape index (κ1) is 18.8. The first-order valence-electron chi connectivity index (χ1n) is 9.01.